The molecule has 2 heterocycles. The SMILES string of the molecule is COc1cc(O)ccc1-c1ccc2c(c1COC(=O)c1ccc(C)s1)C(C)=CC(C)(C)N2.CS. The zero-order valence-electron chi connectivity index (χ0n) is 20.4. The van der Waals surface area contributed by atoms with Crippen molar-refractivity contribution in [2.24, 2.45) is 0 Å². The van der Waals surface area contributed by atoms with Gasteiger partial charge in [-0.3, -0.25) is 0 Å². The molecule has 0 aliphatic carbocycles. The highest BCUT2D eigenvalue weighted by atomic mass is 32.1. The predicted molar refractivity (Wildman–Crippen MR) is 145 cm³/mol. The van der Waals surface area contributed by atoms with Crippen molar-refractivity contribution in [1.82, 2.24) is 0 Å². The predicted octanol–water partition coefficient (Wildman–Crippen LogP) is 6.95. The van der Waals surface area contributed by atoms with E-state index in [1.165, 1.54) is 11.3 Å². The topological polar surface area (TPSA) is 67.8 Å². The Bertz CT molecular complexity index is 1230. The van der Waals surface area contributed by atoms with E-state index in [-0.39, 0.29) is 23.9 Å². The Balaban J connectivity index is 0.00000158. The summed E-state index contributed by atoms with van der Waals surface area (Å²) < 4.78 is 11.3. The lowest BCUT2D eigenvalue weighted by atomic mass is 9.85. The number of carbonyl (C=O) groups excluding carboxylic acids is 1. The summed E-state index contributed by atoms with van der Waals surface area (Å²) in [7, 11) is 1.57. The monoisotopic (exact) mass is 497 g/mol. The van der Waals surface area contributed by atoms with Crippen molar-refractivity contribution < 1.29 is 19.4 Å². The first-order valence-corrected chi connectivity index (χ1v) is 12.6. The van der Waals surface area contributed by atoms with Crippen LogP contribution >= 0.6 is 24.0 Å². The first kappa shape index (κ1) is 25.7. The summed E-state index contributed by atoms with van der Waals surface area (Å²) in [6.45, 7) is 8.40. The molecule has 0 unspecified atom stereocenters. The number of hydrogen-bond donors (Lipinski definition) is 3. The summed E-state index contributed by atoms with van der Waals surface area (Å²) in [6.07, 6.45) is 3.88. The number of allylic oxidation sites excluding steroid dienone is 1. The molecule has 2 N–H and O–H groups in total. The van der Waals surface area contributed by atoms with Crippen LogP contribution in [0.5, 0.6) is 11.5 Å². The average molecular weight is 498 g/mol. The number of thiophene rings is 1. The van der Waals surface area contributed by atoms with E-state index in [4.69, 9.17) is 9.47 Å². The maximum Gasteiger partial charge on any atom is 0.348 e. The van der Waals surface area contributed by atoms with E-state index >= 15 is 0 Å². The van der Waals surface area contributed by atoms with Crippen LogP contribution < -0.4 is 10.1 Å². The highest BCUT2D eigenvalue weighted by Gasteiger charge is 2.27. The van der Waals surface area contributed by atoms with E-state index in [9.17, 15) is 9.90 Å². The number of methoxy groups -OCH3 is 1. The molecule has 180 valence electrons. The summed E-state index contributed by atoms with van der Waals surface area (Å²) in [6, 6.07) is 12.8. The molecule has 1 aliphatic rings. The molecule has 0 saturated carbocycles. The number of nitrogens with one attached hydrogen (secondary N) is 1. The van der Waals surface area contributed by atoms with E-state index in [1.54, 1.807) is 31.6 Å². The zero-order valence-corrected chi connectivity index (χ0v) is 22.1. The number of anilines is 1. The van der Waals surface area contributed by atoms with Gasteiger partial charge in [0.1, 0.15) is 23.0 Å². The van der Waals surface area contributed by atoms with Crippen LogP contribution in [0, 0.1) is 6.92 Å². The molecule has 34 heavy (non-hydrogen) atoms. The van der Waals surface area contributed by atoms with Crippen LogP contribution in [0.4, 0.5) is 5.69 Å². The third kappa shape index (κ3) is 5.42. The van der Waals surface area contributed by atoms with Crippen molar-refractivity contribution in [2.75, 3.05) is 18.7 Å². The number of benzene rings is 2. The van der Waals surface area contributed by atoms with Crippen molar-refractivity contribution >= 4 is 41.2 Å². The lowest BCUT2D eigenvalue weighted by Crippen LogP contribution is -2.32. The smallest absolute Gasteiger partial charge is 0.348 e. The number of esters is 1. The van der Waals surface area contributed by atoms with Gasteiger partial charge in [-0.2, -0.15) is 12.6 Å². The maximum absolute atomic E-state index is 12.7. The largest absolute Gasteiger partial charge is 0.508 e. The Kier molecular flexibility index (Phi) is 8.00. The number of carbonyl (C=O) groups is 1. The molecular formula is C27H31NO4S2. The summed E-state index contributed by atoms with van der Waals surface area (Å²) in [5.74, 6) is 0.344. The molecule has 5 nitrogen and oxygen atoms in total. The fourth-order valence-electron chi connectivity index (χ4n) is 4.26. The molecule has 0 bridgehead atoms. The molecule has 0 amide bonds. The van der Waals surface area contributed by atoms with Crippen molar-refractivity contribution in [1.29, 1.82) is 0 Å². The molecule has 0 radical (unpaired) electrons. The van der Waals surface area contributed by atoms with E-state index in [1.807, 2.05) is 31.2 Å². The molecule has 0 saturated heterocycles. The van der Waals surface area contributed by atoms with Crippen LogP contribution in [-0.4, -0.2) is 30.0 Å². The van der Waals surface area contributed by atoms with Gasteiger partial charge in [0.05, 0.1) is 12.6 Å². The van der Waals surface area contributed by atoms with Gasteiger partial charge in [-0.25, -0.2) is 4.79 Å². The number of rotatable bonds is 5. The zero-order chi connectivity index (χ0) is 25.0. The number of phenolic OH excluding ortho intramolecular Hbond substituents is 1. The van der Waals surface area contributed by atoms with Gasteiger partial charge in [0.25, 0.3) is 0 Å². The lowest BCUT2D eigenvalue weighted by Gasteiger charge is -2.33. The number of fused-ring (bicyclic) bond motifs is 1. The summed E-state index contributed by atoms with van der Waals surface area (Å²) >= 11 is 4.95. The molecular weight excluding hydrogens is 466 g/mol. The Hall–Kier alpha value is -2.90. The van der Waals surface area contributed by atoms with Crippen LogP contribution in [0.15, 0.2) is 48.5 Å². The van der Waals surface area contributed by atoms with Crippen LogP contribution in [0.1, 0.15) is 46.4 Å². The second-order valence-corrected chi connectivity index (χ2v) is 9.85. The highest BCUT2D eigenvalue weighted by molar-refractivity contribution is 7.79. The summed E-state index contributed by atoms with van der Waals surface area (Å²) in [5, 5.41) is 13.5. The number of aromatic hydroxyl groups is 1. The van der Waals surface area contributed by atoms with Gasteiger partial charge in [-0.1, -0.05) is 12.1 Å². The van der Waals surface area contributed by atoms with Crippen LogP contribution in [0.2, 0.25) is 0 Å². The minimum absolute atomic E-state index is 0.117. The van der Waals surface area contributed by atoms with E-state index in [2.05, 4.69) is 44.8 Å². The fourth-order valence-corrected chi connectivity index (χ4v) is 5.02. The molecule has 1 aliphatic heterocycles. The Morgan fingerprint density at radius 2 is 1.79 bits per heavy atom. The molecule has 0 atom stereocenters. The molecule has 7 heteroatoms. The quantitative estimate of drug-likeness (QED) is 0.263. The Morgan fingerprint density at radius 1 is 1.09 bits per heavy atom. The third-order valence-electron chi connectivity index (χ3n) is 5.51. The van der Waals surface area contributed by atoms with Crippen molar-refractivity contribution in [3.63, 3.8) is 0 Å². The number of ether oxygens (including phenoxy) is 2. The third-order valence-corrected chi connectivity index (χ3v) is 6.49. The molecule has 2 aromatic carbocycles. The van der Waals surface area contributed by atoms with Crippen LogP contribution in [0.3, 0.4) is 0 Å². The molecule has 4 rings (SSSR count). The van der Waals surface area contributed by atoms with Gasteiger partial charge in [0.2, 0.25) is 0 Å². The Morgan fingerprint density at radius 3 is 2.44 bits per heavy atom. The first-order valence-electron chi connectivity index (χ1n) is 10.9. The Labute approximate surface area is 210 Å². The van der Waals surface area contributed by atoms with Gasteiger partial charge in [-0.15, -0.1) is 11.3 Å². The maximum atomic E-state index is 12.7. The second kappa shape index (κ2) is 10.6. The normalized spacial score (nSPS) is 13.6. The fraction of sp³-hybridized carbons (Fsp3) is 0.296. The second-order valence-electron chi connectivity index (χ2n) is 8.56. The van der Waals surface area contributed by atoms with E-state index in [0.29, 0.717) is 10.6 Å². The van der Waals surface area contributed by atoms with Gasteiger partial charge in [-0.05, 0) is 75.4 Å². The summed E-state index contributed by atoms with van der Waals surface area (Å²) in [5.41, 5.74) is 5.55. The van der Waals surface area contributed by atoms with E-state index < -0.39 is 0 Å². The van der Waals surface area contributed by atoms with Gasteiger partial charge in [0.15, 0.2) is 0 Å². The van der Waals surface area contributed by atoms with Crippen LogP contribution in [-0.2, 0) is 11.3 Å². The highest BCUT2D eigenvalue weighted by Crippen LogP contribution is 2.43. The minimum Gasteiger partial charge on any atom is -0.508 e. The number of thiol groups is 1. The molecule has 1 aromatic heterocycles. The van der Waals surface area contributed by atoms with Gasteiger partial charge < -0.3 is 19.9 Å². The average Bonchev–Trinajstić information content (AvgIpc) is 3.24. The van der Waals surface area contributed by atoms with Gasteiger partial charge in [0, 0.05) is 33.3 Å². The minimum atomic E-state index is -0.338. The van der Waals surface area contributed by atoms with Crippen molar-refractivity contribution in [2.45, 2.75) is 39.8 Å². The lowest BCUT2D eigenvalue weighted by molar-refractivity contribution is 0.0479. The number of phenols is 1. The first-order chi connectivity index (χ1) is 16.2. The van der Waals surface area contributed by atoms with E-state index in [0.717, 1.165) is 38.4 Å². The van der Waals surface area contributed by atoms with Gasteiger partial charge >= 0.3 is 5.97 Å². The van der Waals surface area contributed by atoms with Crippen molar-refractivity contribution in [3.8, 4) is 22.6 Å². The summed E-state index contributed by atoms with van der Waals surface area (Å²) in [4.78, 5) is 14.3. The van der Waals surface area contributed by atoms with Crippen molar-refractivity contribution in [3.05, 3.63) is 69.4 Å². The molecule has 0 spiro atoms. The molecule has 3 aromatic rings. The number of hydrogen-bond acceptors (Lipinski definition) is 7. The standard InChI is InChI=1S/C26H27NO4S.CH4S/c1-15-13-26(3,4)27-21-10-9-18(19-8-7-17(28)12-22(19)30-5)20(24(15)21)14-31-25(29)23-11-6-16(2)32-23;1-2/h6-13,27-28H,14H2,1-5H3;2H,1H3. The molecule has 0 fully saturated rings. The number of aryl methyl sites for hydroxylation is 1. The van der Waals surface area contributed by atoms with Crippen LogP contribution in [0.25, 0.3) is 16.7 Å².